The van der Waals surface area contributed by atoms with Gasteiger partial charge in [0.05, 0.1) is 16.1 Å². The molecule has 1 heterocycles. The molecule has 1 N–H and O–H groups in total. The number of nitrogens with one attached hydrogen (secondary N) is 1. The predicted molar refractivity (Wildman–Crippen MR) is 95.8 cm³/mol. The number of amides is 1. The van der Waals surface area contributed by atoms with Gasteiger partial charge in [0.15, 0.2) is 5.76 Å². The summed E-state index contributed by atoms with van der Waals surface area (Å²) in [6.07, 6.45) is 1.26. The molecule has 0 aliphatic heterocycles. The van der Waals surface area contributed by atoms with Crippen LogP contribution >= 0.6 is 0 Å². The van der Waals surface area contributed by atoms with E-state index in [1.807, 2.05) is 0 Å². The lowest BCUT2D eigenvalue weighted by Gasteiger charge is -1.99. The minimum absolute atomic E-state index is 0.0517. The van der Waals surface area contributed by atoms with Crippen LogP contribution in [0.2, 0.25) is 0 Å². The topological polar surface area (TPSA) is 141 Å². The maximum Gasteiger partial charge on any atom is 0.307 e. The Morgan fingerprint density at radius 3 is 2.59 bits per heavy atom. The number of carbonyl (C=O) groups excluding carboxylic acids is 1. The van der Waals surface area contributed by atoms with Gasteiger partial charge in [-0.2, -0.15) is 5.10 Å². The van der Waals surface area contributed by atoms with Crippen LogP contribution in [0, 0.1) is 27.2 Å². The Morgan fingerprint density at radius 1 is 1.11 bits per heavy atom. The van der Waals surface area contributed by atoms with E-state index in [0.717, 1.165) is 0 Å². The van der Waals surface area contributed by atoms with Crippen molar-refractivity contribution in [3.63, 3.8) is 0 Å². The van der Waals surface area contributed by atoms with Crippen molar-refractivity contribution >= 4 is 34.5 Å². The maximum atomic E-state index is 12.1. The number of carbonyl (C=O) groups is 1. The molecule has 0 atom stereocenters. The fraction of sp³-hybridized carbons (Fsp3) is 0.0588. The van der Waals surface area contributed by atoms with Crippen molar-refractivity contribution in [3.05, 3.63) is 79.6 Å². The van der Waals surface area contributed by atoms with Crippen LogP contribution in [0.1, 0.15) is 21.7 Å². The van der Waals surface area contributed by atoms with Gasteiger partial charge >= 0.3 is 5.91 Å². The van der Waals surface area contributed by atoms with Crippen LogP contribution in [0.25, 0.3) is 11.0 Å². The molecule has 3 aromatic rings. The maximum absolute atomic E-state index is 12.1. The Morgan fingerprint density at radius 2 is 1.89 bits per heavy atom. The van der Waals surface area contributed by atoms with Crippen molar-refractivity contribution in [3.8, 4) is 0 Å². The average Bonchev–Trinajstić information content (AvgIpc) is 3.06. The van der Waals surface area contributed by atoms with Crippen molar-refractivity contribution in [1.82, 2.24) is 5.43 Å². The minimum atomic E-state index is -0.660. The van der Waals surface area contributed by atoms with E-state index in [0.29, 0.717) is 22.1 Å². The number of hydrogen-bond donors (Lipinski definition) is 1. The van der Waals surface area contributed by atoms with Crippen molar-refractivity contribution in [2.75, 3.05) is 0 Å². The van der Waals surface area contributed by atoms with E-state index in [1.54, 1.807) is 19.1 Å². The minimum Gasteiger partial charge on any atom is -0.451 e. The number of nitro groups is 2. The highest BCUT2D eigenvalue weighted by atomic mass is 16.6. The van der Waals surface area contributed by atoms with Gasteiger partial charge in [-0.3, -0.25) is 25.0 Å². The summed E-state index contributed by atoms with van der Waals surface area (Å²) in [5.41, 5.74) is 3.35. The zero-order valence-electron chi connectivity index (χ0n) is 13.9. The number of fused-ring (bicyclic) bond motifs is 1. The molecule has 1 amide bonds. The molecule has 136 valence electrons. The van der Waals surface area contributed by atoms with Gasteiger partial charge in [0.25, 0.3) is 11.4 Å². The van der Waals surface area contributed by atoms with Crippen molar-refractivity contribution in [2.45, 2.75) is 6.92 Å². The Hall–Kier alpha value is -4.08. The molecule has 0 unspecified atom stereocenters. The number of benzene rings is 2. The lowest BCUT2D eigenvalue weighted by molar-refractivity contribution is -0.385. The molecule has 0 radical (unpaired) electrons. The number of nitro benzene ring substituents is 2. The summed E-state index contributed by atoms with van der Waals surface area (Å²) in [5, 5.41) is 25.9. The molecule has 1 aromatic heterocycles. The van der Waals surface area contributed by atoms with Crippen LogP contribution in [0.3, 0.4) is 0 Å². The molecule has 10 heteroatoms. The van der Waals surface area contributed by atoms with E-state index in [1.165, 1.54) is 36.5 Å². The molecule has 0 bridgehead atoms. The van der Waals surface area contributed by atoms with Gasteiger partial charge in [-0.15, -0.1) is 0 Å². The molecule has 0 spiro atoms. The molecule has 10 nitrogen and oxygen atoms in total. The van der Waals surface area contributed by atoms with Crippen LogP contribution in [0.5, 0.6) is 0 Å². The number of hydrogen-bond acceptors (Lipinski definition) is 7. The zero-order chi connectivity index (χ0) is 19.6. The fourth-order valence-electron chi connectivity index (χ4n) is 2.38. The van der Waals surface area contributed by atoms with Gasteiger partial charge in [0.1, 0.15) is 5.58 Å². The van der Waals surface area contributed by atoms with Gasteiger partial charge in [-0.1, -0.05) is 12.1 Å². The van der Waals surface area contributed by atoms with E-state index in [4.69, 9.17) is 4.42 Å². The summed E-state index contributed by atoms with van der Waals surface area (Å²) in [6, 6.07) is 9.88. The number of hydrazone groups is 1. The average molecular weight is 368 g/mol. The lowest BCUT2D eigenvalue weighted by atomic mass is 10.1. The number of rotatable bonds is 5. The molecule has 0 fully saturated rings. The second kappa shape index (κ2) is 7.04. The summed E-state index contributed by atoms with van der Waals surface area (Å²) in [4.78, 5) is 32.8. The normalized spacial score (nSPS) is 11.0. The van der Waals surface area contributed by atoms with Gasteiger partial charge in [0, 0.05) is 34.7 Å². The quantitative estimate of drug-likeness (QED) is 0.416. The first-order valence-electron chi connectivity index (χ1n) is 7.61. The van der Waals surface area contributed by atoms with E-state index in [9.17, 15) is 25.0 Å². The standard InChI is InChI=1S/C17H12N4O6/c1-10-2-3-11(6-14(10)21(25)26)9-18-19-17(22)16-8-12-7-13(20(23)24)4-5-15(12)27-16/h2-9H,1H3,(H,19,22)/b18-9-. The first-order valence-corrected chi connectivity index (χ1v) is 7.61. The molecular weight excluding hydrogens is 356 g/mol. The second-order valence-electron chi connectivity index (χ2n) is 5.59. The van der Waals surface area contributed by atoms with Gasteiger partial charge in [-0.05, 0) is 19.1 Å². The second-order valence-corrected chi connectivity index (χ2v) is 5.59. The first-order chi connectivity index (χ1) is 12.8. The zero-order valence-corrected chi connectivity index (χ0v) is 13.9. The molecule has 0 saturated heterocycles. The highest BCUT2D eigenvalue weighted by Crippen LogP contribution is 2.24. The van der Waals surface area contributed by atoms with Crippen molar-refractivity contribution in [1.29, 1.82) is 0 Å². The predicted octanol–water partition coefficient (Wildman–Crippen LogP) is 3.32. The van der Waals surface area contributed by atoms with Crippen LogP contribution in [0.15, 0.2) is 52.0 Å². The van der Waals surface area contributed by atoms with Crippen LogP contribution < -0.4 is 5.43 Å². The highest BCUT2D eigenvalue weighted by Gasteiger charge is 2.15. The summed E-state index contributed by atoms with van der Waals surface area (Å²) < 4.78 is 5.34. The summed E-state index contributed by atoms with van der Waals surface area (Å²) in [7, 11) is 0. The number of non-ortho nitro benzene ring substituents is 1. The first kappa shape index (κ1) is 17.7. The monoisotopic (exact) mass is 368 g/mol. The Bertz CT molecular complexity index is 1100. The number of furan rings is 1. The third-order valence-electron chi connectivity index (χ3n) is 3.74. The summed E-state index contributed by atoms with van der Waals surface area (Å²) >= 11 is 0. The van der Waals surface area contributed by atoms with Crippen LogP contribution in [0.4, 0.5) is 11.4 Å². The molecule has 0 aliphatic carbocycles. The lowest BCUT2D eigenvalue weighted by Crippen LogP contribution is -2.16. The Labute approximate surface area is 151 Å². The van der Waals surface area contributed by atoms with E-state index in [2.05, 4.69) is 10.5 Å². The number of nitrogens with zero attached hydrogens (tertiary/aromatic N) is 3. The summed E-state index contributed by atoms with van der Waals surface area (Å²) in [6.45, 7) is 1.62. The molecule has 0 saturated carbocycles. The molecular formula is C17H12N4O6. The van der Waals surface area contributed by atoms with Gasteiger partial charge in [-0.25, -0.2) is 5.43 Å². The third kappa shape index (κ3) is 3.79. The van der Waals surface area contributed by atoms with E-state index < -0.39 is 15.8 Å². The summed E-state index contributed by atoms with van der Waals surface area (Å²) in [5.74, 6) is -0.732. The largest absolute Gasteiger partial charge is 0.451 e. The van der Waals surface area contributed by atoms with E-state index >= 15 is 0 Å². The smallest absolute Gasteiger partial charge is 0.307 e. The molecule has 0 aliphatic rings. The Kier molecular flexibility index (Phi) is 4.62. The van der Waals surface area contributed by atoms with Crippen molar-refractivity contribution < 1.29 is 19.1 Å². The number of aryl methyl sites for hydroxylation is 1. The van der Waals surface area contributed by atoms with Crippen LogP contribution in [-0.4, -0.2) is 22.0 Å². The highest BCUT2D eigenvalue weighted by molar-refractivity contribution is 5.97. The SMILES string of the molecule is Cc1ccc(/C=N\NC(=O)c2cc3cc([N+](=O)[O-])ccc3o2)cc1[N+](=O)[O-]. The van der Waals surface area contributed by atoms with E-state index in [-0.39, 0.29) is 17.1 Å². The van der Waals surface area contributed by atoms with Crippen LogP contribution in [-0.2, 0) is 0 Å². The van der Waals surface area contributed by atoms with Gasteiger partial charge < -0.3 is 4.42 Å². The molecule has 3 rings (SSSR count). The molecule has 2 aromatic carbocycles. The Balaban J connectivity index is 1.75. The van der Waals surface area contributed by atoms with Crippen molar-refractivity contribution in [2.24, 2.45) is 5.10 Å². The molecule has 27 heavy (non-hydrogen) atoms. The fourth-order valence-corrected chi connectivity index (χ4v) is 2.38. The van der Waals surface area contributed by atoms with Gasteiger partial charge in [0.2, 0.25) is 0 Å². The third-order valence-corrected chi connectivity index (χ3v) is 3.74.